The van der Waals surface area contributed by atoms with Crippen LogP contribution in [0.3, 0.4) is 0 Å². The van der Waals surface area contributed by atoms with Gasteiger partial charge in [-0.2, -0.15) is 15.0 Å². The highest BCUT2D eigenvalue weighted by Crippen LogP contribution is 2.30. The number of halogens is 7. The van der Waals surface area contributed by atoms with Gasteiger partial charge in [0.15, 0.2) is 51.3 Å². The first-order valence-corrected chi connectivity index (χ1v) is 31.8. The Morgan fingerprint density at radius 3 is 1.61 bits per heavy atom. The van der Waals surface area contributed by atoms with E-state index in [1.807, 2.05) is 45.0 Å². The number of aromatic nitrogens is 13. The van der Waals surface area contributed by atoms with Crippen LogP contribution in [0.4, 0.5) is 27.6 Å². The molecular weight excluding hydrogens is 1290 g/mol. The molecule has 0 saturated heterocycles. The minimum Gasteiger partial charge on any atom is -0.360 e. The molecule has 4 N–H and O–H groups in total. The number of anilines is 1. The summed E-state index contributed by atoms with van der Waals surface area (Å²) in [5, 5.41) is 20.0. The van der Waals surface area contributed by atoms with Gasteiger partial charge in [0.05, 0.1) is 29.4 Å². The SMILES string of the molecule is Cc1cc(C)n2nc(CNS(=O)(=O)c3ccc(Cl)cc3)nc2n1.Cc1ccc(NC(=O)c2noc3c2CC(C)CC3)cc1C.O=S(=O)(NCc1nc2ncccn2n1)c1c(F)c(F)c(F)c(F)c1F.O=S(=O)(NCc1nc2ncccn2n1)c1ccc(Cl)cc1. The molecule has 0 fully saturated rings. The molecule has 0 aliphatic heterocycles. The summed E-state index contributed by atoms with van der Waals surface area (Å²) in [6, 6.07) is 22.8. The van der Waals surface area contributed by atoms with Gasteiger partial charge < -0.3 is 9.84 Å². The molecule has 35 heteroatoms. The normalized spacial score (nSPS) is 13.2. The lowest BCUT2D eigenvalue weighted by atomic mass is 9.88. The van der Waals surface area contributed by atoms with Crippen molar-refractivity contribution < 1.29 is 56.5 Å². The average molecular weight is 1340 g/mol. The van der Waals surface area contributed by atoms with Crippen molar-refractivity contribution in [1.82, 2.24) is 78.1 Å². The largest absolute Gasteiger partial charge is 0.360 e. The lowest BCUT2D eigenvalue weighted by molar-refractivity contribution is 0.101. The van der Waals surface area contributed by atoms with Crippen molar-refractivity contribution >= 4 is 82.2 Å². The van der Waals surface area contributed by atoms with Crippen LogP contribution in [0.1, 0.15) is 75.1 Å². The summed E-state index contributed by atoms with van der Waals surface area (Å²) < 4.78 is 155. The second-order valence-electron chi connectivity index (χ2n) is 19.9. The van der Waals surface area contributed by atoms with Gasteiger partial charge in [-0.25, -0.2) is 89.9 Å². The van der Waals surface area contributed by atoms with Crippen molar-refractivity contribution in [3.8, 4) is 0 Å². The van der Waals surface area contributed by atoms with E-state index in [0.717, 1.165) is 53.2 Å². The van der Waals surface area contributed by atoms with E-state index >= 15 is 0 Å². The fraction of sp³-hybridized carbons (Fsp3) is 0.218. The maximum Gasteiger partial charge on any atom is 0.278 e. The highest BCUT2D eigenvalue weighted by atomic mass is 35.5. The Labute approximate surface area is 519 Å². The fourth-order valence-corrected chi connectivity index (χ4v) is 11.8. The van der Waals surface area contributed by atoms with E-state index in [1.54, 1.807) is 27.7 Å². The van der Waals surface area contributed by atoms with Crippen LogP contribution in [0.5, 0.6) is 0 Å². The molecule has 1 aliphatic carbocycles. The minimum absolute atomic E-state index is 0.0195. The zero-order valence-electron chi connectivity index (χ0n) is 47.7. The molecule has 1 unspecified atom stereocenters. The number of amides is 1. The molecule has 1 aliphatic rings. The summed E-state index contributed by atoms with van der Waals surface area (Å²) in [4.78, 5) is 35.0. The number of rotatable bonds is 14. The second-order valence-corrected chi connectivity index (χ2v) is 26.0. The third kappa shape index (κ3) is 15.6. The van der Waals surface area contributed by atoms with Crippen LogP contribution in [0.25, 0.3) is 17.3 Å². The summed E-state index contributed by atoms with van der Waals surface area (Å²) in [6.45, 7) is 9.33. The van der Waals surface area contributed by atoms with Crippen LogP contribution in [0, 0.1) is 62.7 Å². The molecule has 7 heterocycles. The lowest BCUT2D eigenvalue weighted by Crippen LogP contribution is -2.27. The van der Waals surface area contributed by atoms with Gasteiger partial charge in [-0.3, -0.25) is 4.79 Å². The van der Waals surface area contributed by atoms with Crippen molar-refractivity contribution in [2.24, 2.45) is 5.92 Å². The third-order valence-electron chi connectivity index (χ3n) is 13.2. The predicted octanol–water partition coefficient (Wildman–Crippen LogP) is 8.10. The molecule has 1 amide bonds. The number of carbonyl (C=O) groups excluding carboxylic acids is 1. The van der Waals surface area contributed by atoms with E-state index in [9.17, 15) is 52.0 Å². The number of benzene rings is 4. The number of hydrogen-bond donors (Lipinski definition) is 4. The highest BCUT2D eigenvalue weighted by Gasteiger charge is 2.34. The number of fused-ring (bicyclic) bond motifs is 4. The van der Waals surface area contributed by atoms with Crippen molar-refractivity contribution in [2.45, 2.75) is 88.2 Å². The van der Waals surface area contributed by atoms with Crippen molar-refractivity contribution in [1.29, 1.82) is 0 Å². The van der Waals surface area contributed by atoms with Crippen LogP contribution in [0.15, 0.2) is 129 Å². The Hall–Kier alpha value is -8.83. The van der Waals surface area contributed by atoms with Gasteiger partial charge in [-0.15, -0.1) is 15.3 Å². The summed E-state index contributed by atoms with van der Waals surface area (Å²) >= 11 is 11.5. The van der Waals surface area contributed by atoms with Gasteiger partial charge >= 0.3 is 0 Å². The summed E-state index contributed by atoms with van der Waals surface area (Å²) in [7, 11) is -12.4. The number of nitrogens with zero attached hydrogens (tertiary/aromatic N) is 13. The van der Waals surface area contributed by atoms with Crippen LogP contribution < -0.4 is 19.5 Å². The predicted molar refractivity (Wildman–Crippen MR) is 315 cm³/mol. The van der Waals surface area contributed by atoms with Crippen molar-refractivity contribution in [3.05, 3.63) is 206 Å². The smallest absolute Gasteiger partial charge is 0.278 e. The number of nitrogens with one attached hydrogen (secondary N) is 4. The van der Waals surface area contributed by atoms with Crippen molar-refractivity contribution in [2.75, 3.05) is 5.32 Å². The summed E-state index contributed by atoms with van der Waals surface area (Å²) in [6.07, 6.45) is 8.97. The van der Waals surface area contributed by atoms with Gasteiger partial charge in [0.2, 0.25) is 35.9 Å². The standard InChI is InChI=1S/C17H20N2O2.C14H14ClN5O2S.C12H10ClN5O2S.C12H6F5N5O2S/c1-10-4-7-15-14(8-10)16(19-21-15)17(20)18-13-6-5-11(2)12(3)9-13;1-9-7-10(2)20-14(17-9)18-13(19-20)8-16-23(21,22)12-5-3-11(15)4-6-12;13-9-2-4-10(5-3-9)21(19,20)15-8-11-16-12-14-6-1-7-18(12)17-11;13-6-7(14)9(16)11(10(17)8(6)15)25(23,24)19-4-5-20-12-18-2-1-3-22(12)21-5/h5-6,9-10H,4,7-8H2,1-3H3,(H,18,20);3-7,16H,8H2,1-2H3;1-7,15H,8H2;1-3,19H,4H2. The third-order valence-corrected chi connectivity index (χ3v) is 18.0. The summed E-state index contributed by atoms with van der Waals surface area (Å²) in [5.41, 5.74) is 6.29. The molecule has 90 heavy (non-hydrogen) atoms. The van der Waals surface area contributed by atoms with Crippen LogP contribution >= 0.6 is 23.2 Å². The zero-order valence-corrected chi connectivity index (χ0v) is 51.6. The van der Waals surface area contributed by atoms with Crippen molar-refractivity contribution in [3.63, 3.8) is 0 Å². The molecule has 7 aromatic heterocycles. The van der Waals surface area contributed by atoms with E-state index in [1.165, 1.54) is 81.6 Å². The van der Waals surface area contributed by atoms with E-state index in [2.05, 4.69) is 79.0 Å². The molecule has 0 saturated carbocycles. The average Bonchev–Trinajstić information content (AvgIpc) is 1.06. The first-order chi connectivity index (χ1) is 42.7. The van der Waals surface area contributed by atoms with Gasteiger partial charge in [0.25, 0.3) is 23.2 Å². The Morgan fingerprint density at radius 2 is 1.10 bits per heavy atom. The Morgan fingerprint density at radius 1 is 0.611 bits per heavy atom. The fourth-order valence-electron chi connectivity index (χ4n) is 8.52. The van der Waals surface area contributed by atoms with Gasteiger partial charge in [0.1, 0.15) is 5.76 Å². The second kappa shape index (κ2) is 27.5. The van der Waals surface area contributed by atoms with Crippen LogP contribution in [-0.2, 0) is 62.5 Å². The monoisotopic (exact) mass is 1340 g/mol. The Balaban J connectivity index is 0.000000143. The van der Waals surface area contributed by atoms with Gasteiger partial charge in [-0.05, 0) is 136 Å². The molecule has 470 valence electrons. The van der Waals surface area contributed by atoms with Crippen LogP contribution in [0.2, 0.25) is 10.0 Å². The molecule has 0 spiro atoms. The maximum atomic E-state index is 13.6. The highest BCUT2D eigenvalue weighted by molar-refractivity contribution is 7.90. The summed E-state index contributed by atoms with van der Waals surface area (Å²) in [5.74, 6) is -9.32. The van der Waals surface area contributed by atoms with E-state index in [4.69, 9.17) is 27.7 Å². The topological polar surface area (TPSA) is 323 Å². The molecule has 0 radical (unpaired) electrons. The Kier molecular flexibility index (Phi) is 20.0. The van der Waals surface area contributed by atoms with Gasteiger partial charge in [-0.1, -0.05) is 41.3 Å². The number of carbonyl (C=O) groups is 1. The molecule has 4 aromatic carbocycles. The molecular formula is C55H50Cl2F5N17O8S3. The first-order valence-electron chi connectivity index (χ1n) is 26.6. The van der Waals surface area contributed by atoms with E-state index in [-0.39, 0.29) is 40.4 Å². The van der Waals surface area contributed by atoms with E-state index < -0.39 is 70.6 Å². The quantitative estimate of drug-likeness (QED) is 0.0454. The molecule has 12 rings (SSSR count). The zero-order chi connectivity index (χ0) is 64.8. The molecule has 25 nitrogen and oxygen atoms in total. The van der Waals surface area contributed by atoms with Gasteiger partial charge in [0, 0.05) is 63.9 Å². The maximum absolute atomic E-state index is 13.6. The van der Waals surface area contributed by atoms with Crippen LogP contribution in [-0.4, -0.2) is 95.1 Å². The number of sulfonamides is 3. The Bertz CT molecular complexity index is 4740. The number of aryl methyl sites for hydroxylation is 5. The molecule has 0 bridgehead atoms. The lowest BCUT2D eigenvalue weighted by Gasteiger charge is -2.16. The molecule has 11 aromatic rings. The first kappa shape index (κ1) is 65.6. The molecule has 1 atom stereocenters. The number of hydrogen-bond acceptors (Lipinski definition) is 18. The minimum atomic E-state index is -5.08. The van der Waals surface area contributed by atoms with E-state index in [0.29, 0.717) is 44.9 Å².